The van der Waals surface area contributed by atoms with E-state index in [0.717, 1.165) is 12.2 Å². The Labute approximate surface area is 111 Å². The summed E-state index contributed by atoms with van der Waals surface area (Å²) in [5.74, 6) is 1.44. The second-order valence-electron chi connectivity index (χ2n) is 6.81. The molecular weight excluding hydrogens is 222 g/mol. The molecule has 1 atom stereocenters. The molecule has 2 N–H and O–H groups in total. The van der Waals surface area contributed by atoms with Crippen LogP contribution in [0.15, 0.2) is 18.2 Å². The van der Waals surface area contributed by atoms with Gasteiger partial charge in [0.1, 0.15) is 11.4 Å². The third kappa shape index (κ3) is 2.39. The van der Waals surface area contributed by atoms with Gasteiger partial charge < -0.3 is 10.5 Å². The fraction of sp³-hybridized carbons (Fsp3) is 0.625. The highest BCUT2D eigenvalue weighted by atomic mass is 16.5. The Morgan fingerprint density at radius 2 is 1.94 bits per heavy atom. The SMILES string of the molecule is CC(CN)c1ccc2c(c1)C(C)(C)CC(C)(C)O2. The maximum absolute atomic E-state index is 6.09. The minimum atomic E-state index is -0.0858. The van der Waals surface area contributed by atoms with Gasteiger partial charge in [0.25, 0.3) is 0 Å². The Hall–Kier alpha value is -1.02. The topological polar surface area (TPSA) is 35.2 Å². The first-order chi connectivity index (χ1) is 8.25. The van der Waals surface area contributed by atoms with Crippen molar-refractivity contribution in [1.82, 2.24) is 0 Å². The number of benzene rings is 1. The molecule has 0 aromatic heterocycles. The summed E-state index contributed by atoms with van der Waals surface area (Å²) in [6, 6.07) is 6.54. The van der Waals surface area contributed by atoms with E-state index in [1.165, 1.54) is 11.1 Å². The van der Waals surface area contributed by atoms with E-state index in [4.69, 9.17) is 10.5 Å². The highest BCUT2D eigenvalue weighted by molar-refractivity contribution is 5.45. The highest BCUT2D eigenvalue weighted by Gasteiger charge is 2.38. The summed E-state index contributed by atoms with van der Waals surface area (Å²) in [5, 5.41) is 0. The molecule has 0 fully saturated rings. The van der Waals surface area contributed by atoms with Gasteiger partial charge >= 0.3 is 0 Å². The van der Waals surface area contributed by atoms with Crippen LogP contribution in [0.4, 0.5) is 0 Å². The molecule has 0 spiro atoms. The van der Waals surface area contributed by atoms with Crippen LogP contribution in [0, 0.1) is 0 Å². The molecule has 0 aliphatic carbocycles. The molecule has 100 valence electrons. The molecule has 0 saturated carbocycles. The lowest BCUT2D eigenvalue weighted by molar-refractivity contribution is 0.0533. The molecule has 1 aromatic carbocycles. The minimum Gasteiger partial charge on any atom is -0.488 e. The van der Waals surface area contributed by atoms with Crippen LogP contribution >= 0.6 is 0 Å². The summed E-state index contributed by atoms with van der Waals surface area (Å²) in [6.45, 7) is 11.8. The van der Waals surface area contributed by atoms with Crippen LogP contribution in [-0.2, 0) is 5.41 Å². The first-order valence-electron chi connectivity index (χ1n) is 6.79. The molecule has 0 saturated heterocycles. The summed E-state index contributed by atoms with van der Waals surface area (Å²) < 4.78 is 6.09. The van der Waals surface area contributed by atoms with E-state index in [0.29, 0.717) is 12.5 Å². The second-order valence-corrected chi connectivity index (χ2v) is 6.81. The van der Waals surface area contributed by atoms with Crippen molar-refractivity contribution in [3.63, 3.8) is 0 Å². The number of rotatable bonds is 2. The van der Waals surface area contributed by atoms with Crippen molar-refractivity contribution in [3.8, 4) is 5.75 Å². The van der Waals surface area contributed by atoms with Gasteiger partial charge in [0, 0.05) is 5.56 Å². The lowest BCUT2D eigenvalue weighted by Crippen LogP contribution is -2.41. The monoisotopic (exact) mass is 247 g/mol. The number of hydrogen-bond acceptors (Lipinski definition) is 2. The van der Waals surface area contributed by atoms with E-state index in [1.807, 2.05) is 0 Å². The van der Waals surface area contributed by atoms with E-state index in [1.54, 1.807) is 0 Å². The van der Waals surface area contributed by atoms with Crippen LogP contribution in [0.3, 0.4) is 0 Å². The number of hydrogen-bond donors (Lipinski definition) is 1. The zero-order valence-corrected chi connectivity index (χ0v) is 12.2. The normalized spacial score (nSPS) is 21.9. The predicted octanol–water partition coefficient (Wildman–Crippen LogP) is 3.59. The van der Waals surface area contributed by atoms with Crippen molar-refractivity contribution in [3.05, 3.63) is 29.3 Å². The van der Waals surface area contributed by atoms with Gasteiger partial charge in [-0.25, -0.2) is 0 Å². The molecule has 2 heteroatoms. The molecule has 1 aliphatic rings. The molecule has 18 heavy (non-hydrogen) atoms. The molecule has 0 radical (unpaired) electrons. The van der Waals surface area contributed by atoms with Crippen molar-refractivity contribution < 1.29 is 4.74 Å². The van der Waals surface area contributed by atoms with Crippen LogP contribution in [0.5, 0.6) is 5.75 Å². The van der Waals surface area contributed by atoms with Crippen molar-refractivity contribution in [2.24, 2.45) is 5.73 Å². The molecular formula is C16H25NO. The third-order valence-corrected chi connectivity index (χ3v) is 3.91. The van der Waals surface area contributed by atoms with Crippen LogP contribution in [0.1, 0.15) is 58.1 Å². The van der Waals surface area contributed by atoms with Crippen LogP contribution in [-0.4, -0.2) is 12.1 Å². The minimum absolute atomic E-state index is 0.0858. The molecule has 1 heterocycles. The Balaban J connectivity index is 2.47. The van der Waals surface area contributed by atoms with Gasteiger partial charge in [-0.1, -0.05) is 32.9 Å². The van der Waals surface area contributed by atoms with Crippen molar-refractivity contribution >= 4 is 0 Å². The average Bonchev–Trinajstić information content (AvgIpc) is 2.25. The van der Waals surface area contributed by atoms with E-state index in [9.17, 15) is 0 Å². The van der Waals surface area contributed by atoms with Crippen LogP contribution < -0.4 is 10.5 Å². The van der Waals surface area contributed by atoms with Gasteiger partial charge in [0.15, 0.2) is 0 Å². The lowest BCUT2D eigenvalue weighted by atomic mass is 9.73. The molecule has 0 amide bonds. The smallest absolute Gasteiger partial charge is 0.123 e. The fourth-order valence-electron chi connectivity index (χ4n) is 3.10. The van der Waals surface area contributed by atoms with E-state index in [-0.39, 0.29) is 11.0 Å². The summed E-state index contributed by atoms with van der Waals surface area (Å²) in [7, 11) is 0. The Kier molecular flexibility index (Phi) is 3.18. The quantitative estimate of drug-likeness (QED) is 0.867. The Bertz CT molecular complexity index is 448. The van der Waals surface area contributed by atoms with Gasteiger partial charge in [-0.2, -0.15) is 0 Å². The van der Waals surface area contributed by atoms with Gasteiger partial charge in [0.2, 0.25) is 0 Å². The molecule has 1 aliphatic heterocycles. The second kappa shape index (κ2) is 4.27. The standard InChI is InChI=1S/C16H25NO/c1-11(9-17)12-6-7-14-13(8-12)15(2,3)10-16(4,5)18-14/h6-8,11H,9-10,17H2,1-5H3. The van der Waals surface area contributed by atoms with Gasteiger partial charge in [-0.15, -0.1) is 0 Å². The van der Waals surface area contributed by atoms with Crippen LogP contribution in [0.2, 0.25) is 0 Å². The van der Waals surface area contributed by atoms with Gasteiger partial charge in [-0.05, 0) is 49.8 Å². The Morgan fingerprint density at radius 1 is 1.28 bits per heavy atom. The predicted molar refractivity (Wildman–Crippen MR) is 76.3 cm³/mol. The summed E-state index contributed by atoms with van der Waals surface area (Å²) in [5.41, 5.74) is 8.46. The molecule has 1 aromatic rings. The Morgan fingerprint density at radius 3 is 2.56 bits per heavy atom. The maximum Gasteiger partial charge on any atom is 0.123 e. The van der Waals surface area contributed by atoms with E-state index in [2.05, 4.69) is 52.8 Å². The fourth-order valence-corrected chi connectivity index (χ4v) is 3.10. The summed E-state index contributed by atoms with van der Waals surface area (Å²) in [4.78, 5) is 0. The molecule has 2 rings (SSSR count). The van der Waals surface area contributed by atoms with Crippen molar-refractivity contribution in [2.75, 3.05) is 6.54 Å². The van der Waals surface area contributed by atoms with Crippen LogP contribution in [0.25, 0.3) is 0 Å². The number of fused-ring (bicyclic) bond motifs is 1. The molecule has 2 nitrogen and oxygen atoms in total. The average molecular weight is 247 g/mol. The zero-order chi connectivity index (χ0) is 13.6. The largest absolute Gasteiger partial charge is 0.488 e. The maximum atomic E-state index is 6.09. The summed E-state index contributed by atoms with van der Waals surface area (Å²) >= 11 is 0. The number of ether oxygens (including phenoxy) is 1. The highest BCUT2D eigenvalue weighted by Crippen LogP contribution is 2.45. The van der Waals surface area contributed by atoms with Crippen molar-refractivity contribution in [2.45, 2.75) is 58.0 Å². The zero-order valence-electron chi connectivity index (χ0n) is 12.2. The van der Waals surface area contributed by atoms with E-state index >= 15 is 0 Å². The molecule has 0 bridgehead atoms. The lowest BCUT2D eigenvalue weighted by Gasteiger charge is -2.42. The molecule has 1 unspecified atom stereocenters. The first kappa shape index (κ1) is 13.4. The summed E-state index contributed by atoms with van der Waals surface area (Å²) in [6.07, 6.45) is 1.04. The van der Waals surface area contributed by atoms with Gasteiger partial charge in [0.05, 0.1) is 0 Å². The van der Waals surface area contributed by atoms with Crippen molar-refractivity contribution in [1.29, 1.82) is 0 Å². The number of nitrogens with two attached hydrogens (primary N) is 1. The third-order valence-electron chi connectivity index (χ3n) is 3.91. The van der Waals surface area contributed by atoms with Gasteiger partial charge in [-0.3, -0.25) is 0 Å². The first-order valence-corrected chi connectivity index (χ1v) is 6.79. The van der Waals surface area contributed by atoms with E-state index < -0.39 is 0 Å².